The number of nitrogens with zero attached hydrogens (tertiary/aromatic N) is 2. The van der Waals surface area contributed by atoms with Crippen molar-refractivity contribution in [2.24, 2.45) is 11.8 Å². The number of fused-ring (bicyclic) bond motifs is 1. The Balaban J connectivity index is 1.58. The molecule has 10 heteroatoms. The smallest absolute Gasteiger partial charge is 0.321 e. The van der Waals surface area contributed by atoms with Crippen LogP contribution in [0, 0.1) is 11.8 Å². The van der Waals surface area contributed by atoms with Gasteiger partial charge in [-0.25, -0.2) is 4.79 Å². The fraction of sp³-hybridized carbons (Fsp3) is 0.583. The van der Waals surface area contributed by atoms with E-state index in [4.69, 9.17) is 9.47 Å². The van der Waals surface area contributed by atoms with E-state index in [1.165, 1.54) is 0 Å². The predicted octanol–water partition coefficient (Wildman–Crippen LogP) is 6.16. The quantitative estimate of drug-likeness (QED) is 0.335. The Morgan fingerprint density at radius 3 is 2.41 bits per heavy atom. The Morgan fingerprint density at radius 1 is 0.978 bits per heavy atom. The van der Waals surface area contributed by atoms with Gasteiger partial charge in [0.2, 0.25) is 5.91 Å². The van der Waals surface area contributed by atoms with Gasteiger partial charge in [0.25, 0.3) is 5.91 Å². The molecular weight excluding hydrogens is 584 g/mol. The highest BCUT2D eigenvalue weighted by molar-refractivity contribution is 6.00. The van der Waals surface area contributed by atoms with Crippen molar-refractivity contribution in [1.82, 2.24) is 9.80 Å². The van der Waals surface area contributed by atoms with E-state index < -0.39 is 6.04 Å². The maximum atomic E-state index is 14.3. The molecule has 2 aliphatic rings. The molecule has 252 valence electrons. The minimum atomic E-state index is -0.492. The number of likely N-dealkylation sites (N-methyl/N-ethyl adjacent to an activating group) is 1. The standard InChI is InChI=1S/C36H52N4O6/c1-25-22-40(26(2)24-41)35(43)31-21-30(37-34(42)28-14-7-5-8-15-28)18-19-32(31)46-27(3)13-11-12-20-45-33(25)23-39(4)36(44)38-29-16-9-6-10-17-29/h6,9-10,16-19,21,25-28,33,41H,5,7-8,11-15,20,22-24H2,1-4H3,(H,37,42)(H,38,44)/t25-,26-,27+,33+/m0/s1. The van der Waals surface area contributed by atoms with Crippen molar-refractivity contribution in [2.45, 2.75) is 90.4 Å². The summed E-state index contributed by atoms with van der Waals surface area (Å²) in [6.45, 7) is 6.69. The number of rotatable bonds is 7. The first-order valence-corrected chi connectivity index (χ1v) is 16.9. The van der Waals surface area contributed by atoms with Crippen molar-refractivity contribution < 1.29 is 29.0 Å². The highest BCUT2D eigenvalue weighted by Gasteiger charge is 2.31. The molecule has 0 radical (unpaired) electrons. The number of anilines is 2. The molecule has 4 amide bonds. The minimum Gasteiger partial charge on any atom is -0.490 e. The van der Waals surface area contributed by atoms with Crippen molar-refractivity contribution >= 4 is 29.2 Å². The van der Waals surface area contributed by atoms with E-state index in [2.05, 4.69) is 10.6 Å². The molecule has 3 N–H and O–H groups in total. The van der Waals surface area contributed by atoms with Gasteiger partial charge in [-0.3, -0.25) is 9.59 Å². The number of urea groups is 1. The molecule has 46 heavy (non-hydrogen) atoms. The lowest BCUT2D eigenvalue weighted by molar-refractivity contribution is -0.120. The molecule has 10 nitrogen and oxygen atoms in total. The lowest BCUT2D eigenvalue weighted by atomic mass is 9.88. The number of carbonyl (C=O) groups is 3. The molecule has 2 aromatic carbocycles. The first-order chi connectivity index (χ1) is 22.2. The zero-order chi connectivity index (χ0) is 33.1. The molecule has 0 spiro atoms. The number of ether oxygens (including phenoxy) is 2. The van der Waals surface area contributed by atoms with Crippen LogP contribution < -0.4 is 15.4 Å². The number of carbonyl (C=O) groups excluding carboxylic acids is 3. The van der Waals surface area contributed by atoms with Crippen LogP contribution in [0.3, 0.4) is 0 Å². The highest BCUT2D eigenvalue weighted by Crippen LogP contribution is 2.30. The molecule has 0 saturated heterocycles. The van der Waals surface area contributed by atoms with Crippen LogP contribution in [0.4, 0.5) is 16.2 Å². The third kappa shape index (κ3) is 9.93. The zero-order valence-electron chi connectivity index (χ0n) is 27.9. The van der Waals surface area contributed by atoms with E-state index in [0.717, 1.165) is 51.4 Å². The molecule has 0 aromatic heterocycles. The van der Waals surface area contributed by atoms with Gasteiger partial charge in [-0.05, 0) is 76.3 Å². The van der Waals surface area contributed by atoms with Gasteiger partial charge < -0.3 is 35.0 Å². The topological polar surface area (TPSA) is 120 Å². The van der Waals surface area contributed by atoms with Gasteiger partial charge in [0.05, 0.1) is 30.4 Å². The second-order valence-corrected chi connectivity index (χ2v) is 13.0. The van der Waals surface area contributed by atoms with Gasteiger partial charge >= 0.3 is 6.03 Å². The summed E-state index contributed by atoms with van der Waals surface area (Å²) in [5, 5.41) is 16.2. The molecule has 0 unspecified atom stereocenters. The minimum absolute atomic E-state index is 0.0168. The van der Waals surface area contributed by atoms with Gasteiger partial charge in [0.15, 0.2) is 0 Å². The molecule has 4 atom stereocenters. The predicted molar refractivity (Wildman–Crippen MR) is 180 cm³/mol. The molecule has 1 fully saturated rings. The van der Waals surface area contributed by atoms with Gasteiger partial charge in [0, 0.05) is 50.0 Å². The highest BCUT2D eigenvalue weighted by atomic mass is 16.5. The fourth-order valence-electron chi connectivity index (χ4n) is 6.17. The average molecular weight is 637 g/mol. The number of nitrogens with one attached hydrogen (secondary N) is 2. The third-order valence-corrected chi connectivity index (χ3v) is 9.12. The number of amides is 4. The molecule has 1 aliphatic carbocycles. The van der Waals surface area contributed by atoms with Crippen LogP contribution in [0.5, 0.6) is 5.75 Å². The summed E-state index contributed by atoms with van der Waals surface area (Å²) in [4.78, 5) is 43.7. The normalized spacial score (nSPS) is 22.5. The van der Waals surface area contributed by atoms with Crippen LogP contribution in [0.15, 0.2) is 48.5 Å². The molecule has 1 saturated carbocycles. The average Bonchev–Trinajstić information content (AvgIpc) is 3.06. The lowest BCUT2D eigenvalue weighted by Gasteiger charge is -2.35. The van der Waals surface area contributed by atoms with Gasteiger partial charge in [-0.15, -0.1) is 0 Å². The molecule has 4 rings (SSSR count). The number of hydrogen-bond donors (Lipinski definition) is 3. The molecule has 1 heterocycles. The Labute approximate surface area is 273 Å². The van der Waals surface area contributed by atoms with E-state index in [1.54, 1.807) is 42.0 Å². The maximum absolute atomic E-state index is 14.3. The van der Waals surface area contributed by atoms with Crippen molar-refractivity contribution in [2.75, 3.05) is 44.0 Å². The summed E-state index contributed by atoms with van der Waals surface area (Å²) in [6.07, 6.45) is 6.98. The van der Waals surface area contributed by atoms with Crippen molar-refractivity contribution in [3.63, 3.8) is 0 Å². The van der Waals surface area contributed by atoms with Crippen LogP contribution in [-0.2, 0) is 9.53 Å². The van der Waals surface area contributed by atoms with Crippen LogP contribution in [-0.4, -0.2) is 84.4 Å². The van der Waals surface area contributed by atoms with E-state index in [-0.39, 0.29) is 55.0 Å². The third-order valence-electron chi connectivity index (χ3n) is 9.12. The van der Waals surface area contributed by atoms with E-state index in [9.17, 15) is 19.5 Å². The second kappa shape index (κ2) is 17.3. The number of para-hydroxylation sites is 1. The summed E-state index contributed by atoms with van der Waals surface area (Å²) in [7, 11) is 1.73. The maximum Gasteiger partial charge on any atom is 0.321 e. The fourth-order valence-corrected chi connectivity index (χ4v) is 6.17. The SMILES string of the molecule is C[C@@H]1CCCCO[C@H](CN(C)C(=O)Nc2ccccc2)[C@@H](C)CN([C@@H](C)CO)C(=O)c2cc(NC(=O)C3CCCCC3)ccc2O1. The first-order valence-electron chi connectivity index (χ1n) is 16.9. The molecule has 1 aliphatic heterocycles. The summed E-state index contributed by atoms with van der Waals surface area (Å²) in [6, 6.07) is 13.8. The summed E-state index contributed by atoms with van der Waals surface area (Å²) in [5.74, 6) is -0.0540. The molecular formula is C36H52N4O6. The molecule has 2 aromatic rings. The Kier molecular flexibility index (Phi) is 13.3. The summed E-state index contributed by atoms with van der Waals surface area (Å²) >= 11 is 0. The van der Waals surface area contributed by atoms with Gasteiger partial charge in [0.1, 0.15) is 5.75 Å². The number of aliphatic hydroxyl groups is 1. The van der Waals surface area contributed by atoms with Crippen molar-refractivity contribution in [1.29, 1.82) is 0 Å². The Hall–Kier alpha value is -3.63. The second-order valence-electron chi connectivity index (χ2n) is 13.0. The number of hydrogen-bond acceptors (Lipinski definition) is 6. The largest absolute Gasteiger partial charge is 0.490 e. The van der Waals surface area contributed by atoms with Gasteiger partial charge in [-0.1, -0.05) is 44.4 Å². The first kappa shape index (κ1) is 35.2. The Bertz CT molecular complexity index is 1280. The summed E-state index contributed by atoms with van der Waals surface area (Å²) in [5.41, 5.74) is 1.60. The monoisotopic (exact) mass is 636 g/mol. The number of benzene rings is 2. The van der Waals surface area contributed by atoms with Crippen molar-refractivity contribution in [3.8, 4) is 5.75 Å². The summed E-state index contributed by atoms with van der Waals surface area (Å²) < 4.78 is 12.7. The van der Waals surface area contributed by atoms with Crippen LogP contribution in [0.1, 0.15) is 82.5 Å². The lowest BCUT2D eigenvalue weighted by Crippen LogP contribution is -2.48. The zero-order valence-corrected chi connectivity index (χ0v) is 27.9. The van der Waals surface area contributed by atoms with Crippen LogP contribution in [0.2, 0.25) is 0 Å². The van der Waals surface area contributed by atoms with E-state index >= 15 is 0 Å². The van der Waals surface area contributed by atoms with Crippen molar-refractivity contribution in [3.05, 3.63) is 54.1 Å². The Morgan fingerprint density at radius 2 is 1.70 bits per heavy atom. The number of aliphatic hydroxyl groups excluding tert-OH is 1. The molecule has 0 bridgehead atoms. The van der Waals surface area contributed by atoms with Crippen LogP contribution >= 0.6 is 0 Å². The van der Waals surface area contributed by atoms with E-state index in [1.807, 2.05) is 44.2 Å². The van der Waals surface area contributed by atoms with Crippen LogP contribution in [0.25, 0.3) is 0 Å². The van der Waals surface area contributed by atoms with E-state index in [0.29, 0.717) is 35.8 Å². The van der Waals surface area contributed by atoms with Gasteiger partial charge in [-0.2, -0.15) is 0 Å².